The summed E-state index contributed by atoms with van der Waals surface area (Å²) < 4.78 is 0. The van der Waals surface area contributed by atoms with Crippen LogP contribution in [0.2, 0.25) is 0 Å². The number of aromatic nitrogens is 2. The third-order valence-corrected chi connectivity index (χ3v) is 3.46. The van der Waals surface area contributed by atoms with E-state index in [0.29, 0.717) is 6.04 Å². The molecule has 0 fully saturated rings. The van der Waals surface area contributed by atoms with Crippen molar-refractivity contribution in [3.63, 3.8) is 0 Å². The summed E-state index contributed by atoms with van der Waals surface area (Å²) in [5.41, 5.74) is 3.99. The van der Waals surface area contributed by atoms with Crippen molar-refractivity contribution in [3.05, 3.63) is 23.3 Å². The molecule has 16 heavy (non-hydrogen) atoms. The summed E-state index contributed by atoms with van der Waals surface area (Å²) in [4.78, 5) is 8.91. The van der Waals surface area contributed by atoms with E-state index < -0.39 is 0 Å². The van der Waals surface area contributed by atoms with Gasteiger partial charge in [-0.2, -0.15) is 0 Å². The van der Waals surface area contributed by atoms with E-state index in [2.05, 4.69) is 22.2 Å². The van der Waals surface area contributed by atoms with Crippen LogP contribution in [-0.2, 0) is 19.3 Å². The lowest BCUT2D eigenvalue weighted by Crippen LogP contribution is -2.25. The van der Waals surface area contributed by atoms with Crippen LogP contribution in [0.25, 0.3) is 0 Å². The van der Waals surface area contributed by atoms with Gasteiger partial charge >= 0.3 is 0 Å². The molecule has 0 bridgehead atoms. The summed E-state index contributed by atoms with van der Waals surface area (Å²) in [5, 5.41) is 3.28. The number of rotatable bonds is 3. The van der Waals surface area contributed by atoms with Crippen LogP contribution < -0.4 is 5.32 Å². The molecule has 3 nitrogen and oxygen atoms in total. The number of nitrogens with zero attached hydrogens (tertiary/aromatic N) is 2. The third-order valence-electron chi connectivity index (χ3n) is 3.46. The average Bonchev–Trinajstić information content (AvgIpc) is 2.54. The molecule has 0 saturated carbocycles. The Morgan fingerprint density at radius 3 is 2.88 bits per heavy atom. The summed E-state index contributed by atoms with van der Waals surface area (Å²) >= 11 is 0. The van der Waals surface area contributed by atoms with Crippen molar-refractivity contribution in [1.82, 2.24) is 15.3 Å². The molecule has 1 N–H and O–H groups in total. The van der Waals surface area contributed by atoms with E-state index in [4.69, 9.17) is 0 Å². The number of hydrogen-bond acceptors (Lipinski definition) is 3. The zero-order chi connectivity index (χ0) is 11.4. The molecular weight excluding hydrogens is 198 g/mol. The van der Waals surface area contributed by atoms with Gasteiger partial charge in [-0.1, -0.05) is 6.42 Å². The van der Waals surface area contributed by atoms with E-state index in [-0.39, 0.29) is 0 Å². The Balaban J connectivity index is 2.24. The SMILES string of the molecule is CNC(C)Cc1ncnc2c1CCCCC2. The fourth-order valence-corrected chi connectivity index (χ4v) is 2.33. The van der Waals surface area contributed by atoms with Crippen molar-refractivity contribution in [3.8, 4) is 0 Å². The van der Waals surface area contributed by atoms with Gasteiger partial charge in [-0.15, -0.1) is 0 Å². The van der Waals surface area contributed by atoms with Gasteiger partial charge in [0.2, 0.25) is 0 Å². The minimum atomic E-state index is 0.488. The monoisotopic (exact) mass is 219 g/mol. The molecule has 3 heteroatoms. The van der Waals surface area contributed by atoms with Gasteiger partial charge in [0.25, 0.3) is 0 Å². The molecule has 0 radical (unpaired) electrons. The lowest BCUT2D eigenvalue weighted by atomic mass is 10.0. The van der Waals surface area contributed by atoms with Crippen LogP contribution in [0.15, 0.2) is 6.33 Å². The van der Waals surface area contributed by atoms with Gasteiger partial charge in [-0.05, 0) is 45.2 Å². The molecule has 1 aromatic heterocycles. The second-order valence-corrected chi connectivity index (χ2v) is 4.70. The maximum Gasteiger partial charge on any atom is 0.115 e. The highest BCUT2D eigenvalue weighted by molar-refractivity contribution is 5.26. The quantitative estimate of drug-likeness (QED) is 0.789. The second kappa shape index (κ2) is 5.39. The smallest absolute Gasteiger partial charge is 0.115 e. The van der Waals surface area contributed by atoms with Crippen LogP contribution in [-0.4, -0.2) is 23.1 Å². The first-order valence-corrected chi connectivity index (χ1v) is 6.30. The van der Waals surface area contributed by atoms with Gasteiger partial charge in [-0.25, -0.2) is 9.97 Å². The predicted molar refractivity (Wildman–Crippen MR) is 65.5 cm³/mol. The minimum Gasteiger partial charge on any atom is -0.317 e. The fourth-order valence-electron chi connectivity index (χ4n) is 2.33. The summed E-state index contributed by atoms with van der Waals surface area (Å²) in [5.74, 6) is 0. The maximum atomic E-state index is 4.47. The molecule has 1 atom stereocenters. The van der Waals surface area contributed by atoms with Crippen molar-refractivity contribution in [1.29, 1.82) is 0 Å². The Morgan fingerprint density at radius 1 is 1.25 bits per heavy atom. The average molecular weight is 219 g/mol. The Kier molecular flexibility index (Phi) is 3.88. The molecule has 1 aromatic rings. The summed E-state index contributed by atoms with van der Waals surface area (Å²) in [6, 6.07) is 0.488. The van der Waals surface area contributed by atoms with Crippen LogP contribution in [0, 0.1) is 0 Å². The summed E-state index contributed by atoms with van der Waals surface area (Å²) in [7, 11) is 2.00. The molecule has 0 spiro atoms. The van der Waals surface area contributed by atoms with Gasteiger partial charge in [0.15, 0.2) is 0 Å². The van der Waals surface area contributed by atoms with Gasteiger partial charge in [-0.3, -0.25) is 0 Å². The lowest BCUT2D eigenvalue weighted by Gasteiger charge is -2.14. The Labute approximate surface area is 97.7 Å². The first-order chi connectivity index (χ1) is 7.81. The number of hydrogen-bond donors (Lipinski definition) is 1. The van der Waals surface area contributed by atoms with Crippen LogP contribution in [0.5, 0.6) is 0 Å². The predicted octanol–water partition coefficient (Wildman–Crippen LogP) is 1.90. The molecule has 1 aliphatic carbocycles. The molecule has 88 valence electrons. The molecule has 0 saturated heterocycles. The van der Waals surface area contributed by atoms with Crippen LogP contribution in [0.4, 0.5) is 0 Å². The van der Waals surface area contributed by atoms with Gasteiger partial charge < -0.3 is 5.32 Å². The number of aryl methyl sites for hydroxylation is 1. The molecular formula is C13H21N3. The molecule has 1 unspecified atom stereocenters. The zero-order valence-electron chi connectivity index (χ0n) is 10.3. The number of fused-ring (bicyclic) bond motifs is 1. The van der Waals surface area contributed by atoms with Gasteiger partial charge in [0, 0.05) is 23.9 Å². The van der Waals surface area contributed by atoms with E-state index in [0.717, 1.165) is 12.8 Å². The highest BCUT2D eigenvalue weighted by Gasteiger charge is 2.15. The van der Waals surface area contributed by atoms with E-state index in [1.807, 2.05) is 7.05 Å². The van der Waals surface area contributed by atoms with Crippen molar-refractivity contribution >= 4 is 0 Å². The summed E-state index contributed by atoms with van der Waals surface area (Å²) in [6.45, 7) is 2.20. The molecule has 2 rings (SSSR count). The Hall–Kier alpha value is -0.960. The van der Waals surface area contributed by atoms with Crippen LogP contribution >= 0.6 is 0 Å². The minimum absolute atomic E-state index is 0.488. The molecule has 1 aliphatic rings. The van der Waals surface area contributed by atoms with E-state index >= 15 is 0 Å². The normalized spacial score (nSPS) is 17.6. The second-order valence-electron chi connectivity index (χ2n) is 4.70. The van der Waals surface area contributed by atoms with Crippen LogP contribution in [0.1, 0.15) is 43.1 Å². The van der Waals surface area contributed by atoms with Gasteiger partial charge in [0.05, 0.1) is 0 Å². The zero-order valence-corrected chi connectivity index (χ0v) is 10.3. The Morgan fingerprint density at radius 2 is 2.06 bits per heavy atom. The van der Waals surface area contributed by atoms with E-state index in [1.54, 1.807) is 6.33 Å². The standard InChI is InChI=1S/C13H21N3/c1-10(14-2)8-13-11-6-4-3-5-7-12(11)15-9-16-13/h9-10,14H,3-8H2,1-2H3. The lowest BCUT2D eigenvalue weighted by molar-refractivity contribution is 0.594. The molecule has 0 aliphatic heterocycles. The molecule has 1 heterocycles. The van der Waals surface area contributed by atoms with Crippen molar-refractivity contribution in [2.75, 3.05) is 7.05 Å². The van der Waals surface area contributed by atoms with E-state index in [9.17, 15) is 0 Å². The Bertz CT molecular complexity index is 349. The highest BCUT2D eigenvalue weighted by atomic mass is 14.9. The third kappa shape index (κ3) is 2.59. The number of likely N-dealkylation sites (N-methyl/N-ethyl adjacent to an activating group) is 1. The van der Waals surface area contributed by atoms with Crippen molar-refractivity contribution in [2.24, 2.45) is 0 Å². The van der Waals surface area contributed by atoms with Crippen molar-refractivity contribution < 1.29 is 0 Å². The van der Waals surface area contributed by atoms with Crippen molar-refractivity contribution in [2.45, 2.75) is 51.5 Å². The topological polar surface area (TPSA) is 37.8 Å². The molecule has 0 amide bonds. The van der Waals surface area contributed by atoms with Crippen LogP contribution in [0.3, 0.4) is 0 Å². The first-order valence-electron chi connectivity index (χ1n) is 6.30. The summed E-state index contributed by atoms with van der Waals surface area (Å²) in [6.07, 6.45) is 8.97. The molecule has 0 aromatic carbocycles. The highest BCUT2D eigenvalue weighted by Crippen LogP contribution is 2.21. The van der Waals surface area contributed by atoms with E-state index in [1.165, 1.54) is 42.6 Å². The fraction of sp³-hybridized carbons (Fsp3) is 0.692. The number of nitrogens with one attached hydrogen (secondary N) is 1. The van der Waals surface area contributed by atoms with Gasteiger partial charge in [0.1, 0.15) is 6.33 Å². The maximum absolute atomic E-state index is 4.47. The largest absolute Gasteiger partial charge is 0.317 e. The first kappa shape index (κ1) is 11.5.